The third-order valence-corrected chi connectivity index (χ3v) is 8.43. The summed E-state index contributed by atoms with van der Waals surface area (Å²) in [4.78, 5) is 13.0. The van der Waals surface area contributed by atoms with E-state index in [1.54, 1.807) is 12.1 Å². The molecule has 2 N–H and O–H groups in total. The number of benzene rings is 3. The molecule has 0 radical (unpaired) electrons. The van der Waals surface area contributed by atoms with Crippen molar-refractivity contribution in [3.05, 3.63) is 76.1 Å². The maximum Gasteiger partial charge on any atom is 0.493 e. The smallest absolute Gasteiger partial charge is 0.455 e. The van der Waals surface area contributed by atoms with Gasteiger partial charge in [-0.15, -0.1) is 0 Å². The van der Waals surface area contributed by atoms with Gasteiger partial charge in [-0.3, -0.25) is 4.79 Å². The molecule has 8 nitrogen and oxygen atoms in total. The molecule has 0 saturated heterocycles. The number of carbonyl (C=O) groups excluding carboxylic acids is 1. The lowest BCUT2D eigenvalue weighted by atomic mass is 9.79. The van der Waals surface area contributed by atoms with E-state index in [2.05, 4.69) is 5.32 Å². The van der Waals surface area contributed by atoms with Gasteiger partial charge in [-0.1, -0.05) is 11.6 Å². The summed E-state index contributed by atoms with van der Waals surface area (Å²) in [6, 6.07) is 12.2. The summed E-state index contributed by atoms with van der Waals surface area (Å²) in [7, 11) is -3.56. The van der Waals surface area contributed by atoms with E-state index in [1.165, 1.54) is 41.7 Å². The molecule has 1 amide bonds. The SMILES string of the molecule is CNC(=O)c1c(-c2ccc(F)cc2)oc2cc(N(c3cc(Cl)c4c(c3)COB4O)S(C)(=O)=O)c(C3CC3)cc12. The van der Waals surface area contributed by atoms with Gasteiger partial charge in [0, 0.05) is 34.5 Å². The van der Waals surface area contributed by atoms with E-state index >= 15 is 0 Å². The number of anilines is 2. The van der Waals surface area contributed by atoms with E-state index in [0.29, 0.717) is 33.2 Å². The zero-order chi connectivity index (χ0) is 27.6. The Labute approximate surface area is 229 Å². The van der Waals surface area contributed by atoms with Crippen molar-refractivity contribution in [3.63, 3.8) is 0 Å². The number of hydrogen-bond acceptors (Lipinski definition) is 6. The van der Waals surface area contributed by atoms with Crippen molar-refractivity contribution >= 4 is 62.5 Å². The van der Waals surface area contributed by atoms with Crippen molar-refractivity contribution in [1.29, 1.82) is 0 Å². The monoisotopic (exact) mass is 568 g/mol. The van der Waals surface area contributed by atoms with Gasteiger partial charge in [-0.25, -0.2) is 17.1 Å². The van der Waals surface area contributed by atoms with E-state index in [9.17, 15) is 22.6 Å². The lowest BCUT2D eigenvalue weighted by Gasteiger charge is -2.26. The molecule has 12 heteroatoms. The highest BCUT2D eigenvalue weighted by Gasteiger charge is 2.36. The number of amides is 1. The van der Waals surface area contributed by atoms with Gasteiger partial charge in [0.15, 0.2) is 0 Å². The summed E-state index contributed by atoms with van der Waals surface area (Å²) in [5.41, 5.74) is 3.50. The molecular weight excluding hydrogens is 546 g/mol. The van der Waals surface area contributed by atoms with Gasteiger partial charge in [0.1, 0.15) is 17.2 Å². The summed E-state index contributed by atoms with van der Waals surface area (Å²) < 4.78 is 52.9. The molecule has 2 aliphatic rings. The van der Waals surface area contributed by atoms with Crippen LogP contribution in [0, 0.1) is 5.82 Å². The van der Waals surface area contributed by atoms with Crippen LogP contribution in [-0.2, 0) is 21.3 Å². The molecule has 1 aliphatic heterocycles. The molecule has 3 aromatic carbocycles. The van der Waals surface area contributed by atoms with E-state index in [-0.39, 0.29) is 40.5 Å². The second kappa shape index (κ2) is 9.37. The average molecular weight is 569 g/mol. The topological polar surface area (TPSA) is 109 Å². The van der Waals surface area contributed by atoms with Gasteiger partial charge < -0.3 is 19.4 Å². The molecule has 6 rings (SSSR count). The molecule has 0 spiro atoms. The minimum atomic E-state index is -3.89. The molecule has 2 heterocycles. The predicted octanol–water partition coefficient (Wildman–Crippen LogP) is 4.44. The normalized spacial score (nSPS) is 15.1. The first-order valence-corrected chi connectivity index (χ1v) is 14.5. The van der Waals surface area contributed by atoms with E-state index < -0.39 is 23.0 Å². The van der Waals surface area contributed by atoms with Gasteiger partial charge in [0.05, 0.1) is 29.8 Å². The van der Waals surface area contributed by atoms with Crippen LogP contribution in [-0.4, -0.2) is 39.8 Å². The molecule has 0 bridgehead atoms. The molecule has 4 aromatic rings. The fraction of sp³-hybridized carbons (Fsp3) is 0.222. The highest BCUT2D eigenvalue weighted by molar-refractivity contribution is 7.92. The number of sulfonamides is 1. The number of hydrogen-bond donors (Lipinski definition) is 2. The predicted molar refractivity (Wildman–Crippen MR) is 148 cm³/mol. The Bertz CT molecular complexity index is 1750. The third kappa shape index (κ3) is 4.49. The molecule has 39 heavy (non-hydrogen) atoms. The van der Waals surface area contributed by atoms with Crippen molar-refractivity contribution in [2.24, 2.45) is 0 Å². The maximum atomic E-state index is 13.6. The lowest BCUT2D eigenvalue weighted by molar-refractivity contribution is 0.0964. The minimum Gasteiger partial charge on any atom is -0.455 e. The Morgan fingerprint density at radius 2 is 1.90 bits per heavy atom. The molecule has 200 valence electrons. The first-order valence-electron chi connectivity index (χ1n) is 12.3. The van der Waals surface area contributed by atoms with Crippen LogP contribution >= 0.6 is 11.6 Å². The van der Waals surface area contributed by atoms with Crippen LogP contribution in [0.15, 0.2) is 52.9 Å². The molecule has 1 saturated carbocycles. The molecule has 0 unspecified atom stereocenters. The Hall–Kier alpha value is -3.38. The van der Waals surface area contributed by atoms with E-state index in [1.807, 2.05) is 6.07 Å². The van der Waals surface area contributed by atoms with Crippen LogP contribution in [0.3, 0.4) is 0 Å². The minimum absolute atomic E-state index is 0.0882. The maximum absolute atomic E-state index is 13.6. The molecule has 1 aliphatic carbocycles. The van der Waals surface area contributed by atoms with Crippen LogP contribution in [0.2, 0.25) is 5.02 Å². The zero-order valence-electron chi connectivity index (χ0n) is 21.0. The summed E-state index contributed by atoms with van der Waals surface area (Å²) in [6.07, 6.45) is 2.82. The summed E-state index contributed by atoms with van der Waals surface area (Å²) in [5.74, 6) is -0.470. The van der Waals surface area contributed by atoms with Crippen molar-refractivity contribution < 1.29 is 31.7 Å². The molecule has 0 atom stereocenters. The Morgan fingerprint density at radius 1 is 1.18 bits per heavy atom. The summed E-state index contributed by atoms with van der Waals surface area (Å²) in [5, 5.41) is 13.5. The fourth-order valence-electron chi connectivity index (χ4n) is 5.13. The number of furan rings is 1. The number of nitrogens with one attached hydrogen (secondary N) is 1. The van der Waals surface area contributed by atoms with E-state index in [4.69, 9.17) is 20.7 Å². The van der Waals surface area contributed by atoms with Crippen molar-refractivity contribution in [2.75, 3.05) is 17.6 Å². The van der Waals surface area contributed by atoms with Gasteiger partial charge in [0.2, 0.25) is 10.0 Å². The summed E-state index contributed by atoms with van der Waals surface area (Å²) in [6.45, 7) is 0.0882. The van der Waals surface area contributed by atoms with Crippen LogP contribution in [0.4, 0.5) is 15.8 Å². The highest BCUT2D eigenvalue weighted by atomic mass is 35.5. The first-order chi connectivity index (χ1) is 18.6. The third-order valence-electron chi connectivity index (χ3n) is 7.04. The largest absolute Gasteiger partial charge is 0.493 e. The fourth-order valence-corrected chi connectivity index (χ4v) is 6.46. The zero-order valence-corrected chi connectivity index (χ0v) is 22.6. The number of carbonyl (C=O) groups is 1. The van der Waals surface area contributed by atoms with Crippen molar-refractivity contribution in [1.82, 2.24) is 5.32 Å². The Kier molecular flexibility index (Phi) is 6.22. The average Bonchev–Trinajstić information content (AvgIpc) is 3.56. The second-order valence-corrected chi connectivity index (χ2v) is 12.0. The number of nitrogens with zero attached hydrogens (tertiary/aromatic N) is 1. The van der Waals surface area contributed by atoms with Crippen LogP contribution in [0.1, 0.15) is 40.2 Å². The molecular formula is C27H23BClFN2O6S. The van der Waals surface area contributed by atoms with Gasteiger partial charge in [-0.05, 0) is 72.4 Å². The van der Waals surface area contributed by atoms with Crippen LogP contribution in [0.5, 0.6) is 0 Å². The van der Waals surface area contributed by atoms with Gasteiger partial charge in [0.25, 0.3) is 5.91 Å². The van der Waals surface area contributed by atoms with Crippen molar-refractivity contribution in [3.8, 4) is 11.3 Å². The number of halogens is 2. The standard InChI is InChI=1S/C27H23BClFN2O6S/c1-31-27(33)24-20-11-19(14-3-4-14)22(12-23(20)38-26(24)15-5-7-17(30)8-6-15)32(39(2,35)36)18-9-16-13-37-28(34)25(16)21(29)10-18/h5-12,14,34H,3-4,13H2,1-2H3,(H,31,33). The van der Waals surface area contributed by atoms with Crippen LogP contribution in [0.25, 0.3) is 22.3 Å². The Balaban J connectivity index is 1.61. The summed E-state index contributed by atoms with van der Waals surface area (Å²) >= 11 is 6.46. The second-order valence-electron chi connectivity index (χ2n) is 9.76. The van der Waals surface area contributed by atoms with Gasteiger partial charge in [-0.2, -0.15) is 0 Å². The highest BCUT2D eigenvalue weighted by Crippen LogP contribution is 2.49. The van der Waals surface area contributed by atoms with Crippen molar-refractivity contribution in [2.45, 2.75) is 25.4 Å². The van der Waals surface area contributed by atoms with Gasteiger partial charge >= 0.3 is 7.12 Å². The lowest BCUT2D eigenvalue weighted by Crippen LogP contribution is -2.30. The quantitative estimate of drug-likeness (QED) is 0.333. The van der Waals surface area contributed by atoms with E-state index in [0.717, 1.165) is 24.7 Å². The molecule has 1 aromatic heterocycles. The Morgan fingerprint density at radius 3 is 2.54 bits per heavy atom. The van der Waals surface area contributed by atoms with Crippen LogP contribution < -0.4 is 15.1 Å². The molecule has 1 fully saturated rings. The number of rotatable bonds is 6. The number of fused-ring (bicyclic) bond motifs is 2. The first kappa shape index (κ1) is 25.9.